The fourth-order valence-corrected chi connectivity index (χ4v) is 5.02. The van der Waals surface area contributed by atoms with E-state index in [1.807, 2.05) is 13.8 Å². The fraction of sp³-hybridized carbons (Fsp3) is 0.348. The third-order valence-electron chi connectivity index (χ3n) is 4.96. The quantitative estimate of drug-likeness (QED) is 0.305. The van der Waals surface area contributed by atoms with Gasteiger partial charge in [0.05, 0.1) is 22.4 Å². The summed E-state index contributed by atoms with van der Waals surface area (Å²) in [6, 6.07) is 11.8. The van der Waals surface area contributed by atoms with Crippen molar-refractivity contribution in [1.82, 2.24) is 0 Å². The van der Waals surface area contributed by atoms with E-state index >= 15 is 0 Å². The number of hydrogen-bond donors (Lipinski definition) is 0. The minimum absolute atomic E-state index is 0.229. The average Bonchev–Trinajstić information content (AvgIpc) is 2.73. The summed E-state index contributed by atoms with van der Waals surface area (Å²) in [7, 11) is 0. The predicted octanol–water partition coefficient (Wildman–Crippen LogP) is 6.59. The number of ether oxygens (including phenoxy) is 2. The predicted molar refractivity (Wildman–Crippen MR) is 130 cm³/mol. The van der Waals surface area contributed by atoms with Gasteiger partial charge in [0.1, 0.15) is 17.5 Å². The average molecular weight is 557 g/mol. The molecule has 0 aromatic heterocycles. The minimum atomic E-state index is -0.649. The van der Waals surface area contributed by atoms with Gasteiger partial charge in [-0.2, -0.15) is 5.26 Å². The SMILES string of the molecule is CC(CSC(=O)c1cc(Cl)cc(Cl)c1)C(=O)O[C@H]1c2cc(C#N)ccc2OC(C)(C)[C@@H]1Br. The molecule has 0 spiro atoms. The summed E-state index contributed by atoms with van der Waals surface area (Å²) < 4.78 is 11.9. The van der Waals surface area contributed by atoms with Gasteiger partial charge < -0.3 is 9.47 Å². The molecule has 1 unspecified atom stereocenters. The van der Waals surface area contributed by atoms with Gasteiger partial charge in [-0.1, -0.05) is 57.8 Å². The largest absolute Gasteiger partial charge is 0.486 e. The summed E-state index contributed by atoms with van der Waals surface area (Å²) in [4.78, 5) is 25.0. The highest BCUT2D eigenvalue weighted by atomic mass is 79.9. The summed E-state index contributed by atoms with van der Waals surface area (Å²) in [6.45, 7) is 5.48. The highest BCUT2D eigenvalue weighted by Gasteiger charge is 2.45. The number of hydrogen-bond acceptors (Lipinski definition) is 6. The van der Waals surface area contributed by atoms with Crippen LogP contribution < -0.4 is 4.74 Å². The van der Waals surface area contributed by atoms with Gasteiger partial charge >= 0.3 is 5.97 Å². The fourth-order valence-electron chi connectivity index (χ4n) is 3.18. The molecular weight excluding hydrogens is 537 g/mol. The number of nitriles is 1. The second-order valence-corrected chi connectivity index (χ2v) is 10.8. The van der Waals surface area contributed by atoms with Crippen LogP contribution in [0.25, 0.3) is 0 Å². The van der Waals surface area contributed by atoms with Crippen LogP contribution in [0.15, 0.2) is 36.4 Å². The molecule has 0 amide bonds. The number of alkyl halides is 1. The maximum Gasteiger partial charge on any atom is 0.310 e. The Bertz CT molecular complexity index is 1080. The van der Waals surface area contributed by atoms with Crippen LogP contribution in [0.1, 0.15) is 48.4 Å². The van der Waals surface area contributed by atoms with E-state index in [0.717, 1.165) is 11.8 Å². The Morgan fingerprint density at radius 3 is 2.53 bits per heavy atom. The van der Waals surface area contributed by atoms with Crippen LogP contribution in [0.4, 0.5) is 0 Å². The molecule has 1 aliphatic rings. The van der Waals surface area contributed by atoms with E-state index in [9.17, 15) is 14.9 Å². The topological polar surface area (TPSA) is 76.4 Å². The molecule has 2 aromatic rings. The van der Waals surface area contributed by atoms with Crippen LogP contribution >= 0.6 is 50.9 Å². The number of rotatable bonds is 5. The van der Waals surface area contributed by atoms with Crippen LogP contribution in [-0.4, -0.2) is 27.3 Å². The third-order valence-corrected chi connectivity index (χ3v) is 8.14. The number of benzene rings is 2. The second kappa shape index (κ2) is 10.0. The zero-order valence-electron chi connectivity index (χ0n) is 17.5. The van der Waals surface area contributed by atoms with E-state index < -0.39 is 23.6 Å². The zero-order chi connectivity index (χ0) is 23.6. The zero-order valence-corrected chi connectivity index (χ0v) is 21.4. The van der Waals surface area contributed by atoms with E-state index in [-0.39, 0.29) is 15.7 Å². The van der Waals surface area contributed by atoms with E-state index in [1.165, 1.54) is 12.1 Å². The lowest BCUT2D eigenvalue weighted by atomic mass is 9.90. The first-order valence-electron chi connectivity index (χ1n) is 9.72. The Hall–Kier alpha value is -1.72. The van der Waals surface area contributed by atoms with Crippen LogP contribution in [-0.2, 0) is 9.53 Å². The van der Waals surface area contributed by atoms with Crippen molar-refractivity contribution in [1.29, 1.82) is 5.26 Å². The Labute approximate surface area is 209 Å². The number of carbonyl (C=O) groups excluding carboxylic acids is 2. The molecule has 3 rings (SSSR count). The molecule has 0 bridgehead atoms. The molecule has 1 aliphatic heterocycles. The molecule has 9 heteroatoms. The minimum Gasteiger partial charge on any atom is -0.486 e. The molecule has 0 N–H and O–H groups in total. The number of esters is 1. The standard InChI is InChI=1S/C23H20BrCl2NO4S/c1-12(11-32-22(29)14-7-15(25)9-16(26)8-14)21(28)30-19-17-6-13(10-27)4-5-18(17)31-23(2,3)20(19)24/h4-9,12,19-20H,11H2,1-3H3/t12?,19-,20+/m0/s1. The van der Waals surface area contributed by atoms with Crippen molar-refractivity contribution in [2.45, 2.75) is 37.3 Å². The van der Waals surface area contributed by atoms with Gasteiger partial charge in [-0.05, 0) is 50.2 Å². The number of halogens is 3. The molecule has 0 saturated heterocycles. The third kappa shape index (κ3) is 5.60. The molecule has 5 nitrogen and oxygen atoms in total. The van der Waals surface area contributed by atoms with E-state index in [4.69, 9.17) is 32.7 Å². The van der Waals surface area contributed by atoms with Crippen molar-refractivity contribution in [2.75, 3.05) is 5.75 Å². The number of carbonyl (C=O) groups is 2. The highest BCUT2D eigenvalue weighted by molar-refractivity contribution is 9.09. The first kappa shape index (κ1) is 24.9. The molecule has 0 fully saturated rings. The van der Waals surface area contributed by atoms with Crippen LogP contribution in [0, 0.1) is 17.2 Å². The lowest BCUT2D eigenvalue weighted by Gasteiger charge is -2.41. The van der Waals surface area contributed by atoms with Crippen molar-refractivity contribution in [3.05, 3.63) is 63.1 Å². The van der Waals surface area contributed by atoms with Crippen molar-refractivity contribution in [3.8, 4) is 11.8 Å². The molecule has 1 heterocycles. The first-order chi connectivity index (χ1) is 15.0. The molecule has 32 heavy (non-hydrogen) atoms. The Kier molecular flexibility index (Phi) is 7.82. The van der Waals surface area contributed by atoms with Gasteiger partial charge in [0.25, 0.3) is 0 Å². The summed E-state index contributed by atoms with van der Waals surface area (Å²) in [5.74, 6) is -0.203. The van der Waals surface area contributed by atoms with Crippen molar-refractivity contribution in [3.63, 3.8) is 0 Å². The molecule has 3 atom stereocenters. The molecule has 0 aliphatic carbocycles. The summed E-state index contributed by atoms with van der Waals surface area (Å²) in [5, 5.41) is 9.76. The van der Waals surface area contributed by atoms with Crippen molar-refractivity contribution < 1.29 is 19.1 Å². The smallest absolute Gasteiger partial charge is 0.310 e. The number of nitrogens with zero attached hydrogens (tertiary/aromatic N) is 1. The summed E-state index contributed by atoms with van der Waals surface area (Å²) in [6.07, 6.45) is -0.649. The molecule has 0 saturated carbocycles. The summed E-state index contributed by atoms with van der Waals surface area (Å²) in [5.41, 5.74) is 0.800. The second-order valence-electron chi connectivity index (χ2n) is 7.99. The lowest BCUT2D eigenvalue weighted by molar-refractivity contribution is -0.156. The lowest BCUT2D eigenvalue weighted by Crippen LogP contribution is -2.47. The van der Waals surface area contributed by atoms with E-state index in [2.05, 4.69) is 22.0 Å². The van der Waals surface area contributed by atoms with Gasteiger partial charge in [-0.15, -0.1) is 0 Å². The molecule has 168 valence electrons. The maximum atomic E-state index is 12.9. The van der Waals surface area contributed by atoms with Gasteiger partial charge in [0.15, 0.2) is 0 Å². The maximum absolute atomic E-state index is 12.9. The van der Waals surface area contributed by atoms with Crippen molar-refractivity contribution in [2.24, 2.45) is 5.92 Å². The Morgan fingerprint density at radius 1 is 1.25 bits per heavy atom. The van der Waals surface area contributed by atoms with Gasteiger partial charge in [0.2, 0.25) is 5.12 Å². The van der Waals surface area contributed by atoms with Crippen LogP contribution in [0.2, 0.25) is 10.0 Å². The highest BCUT2D eigenvalue weighted by Crippen LogP contribution is 2.45. The molecule has 0 radical (unpaired) electrons. The Balaban J connectivity index is 1.71. The molecule has 2 aromatic carbocycles. The van der Waals surface area contributed by atoms with Crippen molar-refractivity contribution >= 4 is 62.0 Å². The van der Waals surface area contributed by atoms with Gasteiger partial charge in [-0.3, -0.25) is 9.59 Å². The summed E-state index contributed by atoms with van der Waals surface area (Å²) >= 11 is 16.5. The van der Waals surface area contributed by atoms with E-state index in [0.29, 0.717) is 32.5 Å². The molecular formula is C23H20BrCl2NO4S. The monoisotopic (exact) mass is 555 g/mol. The first-order valence-corrected chi connectivity index (χ1v) is 12.4. The van der Waals surface area contributed by atoms with Gasteiger partial charge in [-0.25, -0.2) is 0 Å². The Morgan fingerprint density at radius 2 is 1.91 bits per heavy atom. The van der Waals surface area contributed by atoms with Gasteiger partial charge in [0, 0.05) is 26.9 Å². The number of thioether (sulfide) groups is 1. The van der Waals surface area contributed by atoms with E-state index in [1.54, 1.807) is 31.2 Å². The van der Waals surface area contributed by atoms with Crippen LogP contribution in [0.3, 0.4) is 0 Å². The number of fused-ring (bicyclic) bond motifs is 1. The van der Waals surface area contributed by atoms with Crippen LogP contribution in [0.5, 0.6) is 5.75 Å². The normalized spacial score (nSPS) is 19.8.